The van der Waals surface area contributed by atoms with Crippen molar-refractivity contribution in [2.24, 2.45) is 7.05 Å². The zero-order valence-electron chi connectivity index (χ0n) is 15.9. The normalized spacial score (nSPS) is 16.0. The largest absolute Gasteiger partial charge is 0.772 e. The zero-order chi connectivity index (χ0) is 21.3. The first-order chi connectivity index (χ1) is 13.8. The van der Waals surface area contributed by atoms with Gasteiger partial charge in [-0.2, -0.15) is 0 Å². The predicted octanol–water partition coefficient (Wildman–Crippen LogP) is 1.61. The molecule has 8 nitrogen and oxygen atoms in total. The Morgan fingerprint density at radius 1 is 1.38 bits per heavy atom. The Bertz CT molecular complexity index is 1060. The summed E-state index contributed by atoms with van der Waals surface area (Å²) in [6.45, 7) is 0.172. The van der Waals surface area contributed by atoms with E-state index in [9.17, 15) is 22.6 Å². The number of carbonyl (C=O) groups excluding carboxylic acids is 1. The van der Waals surface area contributed by atoms with E-state index in [1.165, 1.54) is 31.0 Å². The minimum absolute atomic E-state index is 0.0191. The Kier molecular flexibility index (Phi) is 6.90. The number of nitrogens with zero attached hydrogens (tertiary/aromatic N) is 1. The first-order valence-electron chi connectivity index (χ1n) is 8.84. The van der Waals surface area contributed by atoms with Gasteiger partial charge in [-0.15, -0.1) is 0 Å². The molecule has 1 aliphatic carbocycles. The lowest BCUT2D eigenvalue weighted by molar-refractivity contribution is 0.103. The van der Waals surface area contributed by atoms with E-state index in [2.05, 4.69) is 5.10 Å². The summed E-state index contributed by atoms with van der Waals surface area (Å²) in [5, 5.41) is 2.83. The molecular formula is C18H20ClN2O6S2-. The molecule has 2 atom stereocenters. The first kappa shape index (κ1) is 22.1. The number of methoxy groups -OCH3 is 1. The summed E-state index contributed by atoms with van der Waals surface area (Å²) in [5.41, 5.74) is 0.404. The van der Waals surface area contributed by atoms with Crippen LogP contribution in [0.15, 0.2) is 21.8 Å². The number of benzene rings is 1. The van der Waals surface area contributed by atoms with Crippen LogP contribution in [0.3, 0.4) is 0 Å². The Balaban J connectivity index is 2.11. The number of aryl methyl sites for hydroxylation is 1. The van der Waals surface area contributed by atoms with E-state index < -0.39 is 33.2 Å². The lowest BCUT2D eigenvalue weighted by Gasteiger charge is -2.15. The molecule has 1 aromatic heterocycles. The summed E-state index contributed by atoms with van der Waals surface area (Å²) in [5.74, 6) is -0.745. The van der Waals surface area contributed by atoms with Gasteiger partial charge in [0, 0.05) is 31.4 Å². The van der Waals surface area contributed by atoms with Crippen LogP contribution >= 0.6 is 11.6 Å². The maximum atomic E-state index is 13.2. The molecule has 0 bridgehead atoms. The van der Waals surface area contributed by atoms with Gasteiger partial charge >= 0.3 is 0 Å². The summed E-state index contributed by atoms with van der Waals surface area (Å²) in [4.78, 5) is 25.8. The molecule has 2 aromatic rings. The van der Waals surface area contributed by atoms with Crippen LogP contribution in [-0.4, -0.2) is 48.0 Å². The maximum Gasteiger partial charge on any atom is 0.277 e. The molecular weight excluding hydrogens is 440 g/mol. The molecule has 1 heterocycles. The minimum atomic E-state index is -2.43. The van der Waals surface area contributed by atoms with Crippen LogP contribution in [0.4, 0.5) is 0 Å². The summed E-state index contributed by atoms with van der Waals surface area (Å²) < 4.78 is 41.3. The quantitative estimate of drug-likeness (QED) is 0.449. The molecule has 29 heavy (non-hydrogen) atoms. The standard InChI is InChI=1S/C18H21ClN2O6S2/c1-21-18(23)13(15(20-21)10-3-4-10)16(22)12-6-5-11(9-29(25)26)17(14(12)19)28(24)8-7-27-2/h5-6,10,20H,3-4,7-9H2,1-2H3,(H,25,26)/p-1. The topological polar surface area (TPSA) is 121 Å². The van der Waals surface area contributed by atoms with Crippen molar-refractivity contribution in [2.45, 2.75) is 29.4 Å². The van der Waals surface area contributed by atoms with E-state index >= 15 is 0 Å². The molecule has 158 valence electrons. The van der Waals surface area contributed by atoms with Crippen LogP contribution in [0.25, 0.3) is 0 Å². The minimum Gasteiger partial charge on any atom is -0.772 e. The van der Waals surface area contributed by atoms with Gasteiger partial charge in [0.05, 0.1) is 38.8 Å². The smallest absolute Gasteiger partial charge is 0.277 e. The van der Waals surface area contributed by atoms with E-state index in [-0.39, 0.29) is 50.6 Å². The summed E-state index contributed by atoms with van der Waals surface area (Å²) >= 11 is 4.02. The molecule has 1 fully saturated rings. The van der Waals surface area contributed by atoms with Crippen LogP contribution in [0.1, 0.15) is 45.9 Å². The van der Waals surface area contributed by atoms with Gasteiger partial charge in [-0.25, -0.2) is 0 Å². The first-order valence-corrected chi connectivity index (χ1v) is 11.8. The molecule has 11 heteroatoms. The number of H-pyrrole nitrogens is 1. The number of ether oxygens (including phenoxy) is 1. The molecule has 0 aliphatic heterocycles. The Morgan fingerprint density at radius 2 is 2.07 bits per heavy atom. The average molecular weight is 460 g/mol. The van der Waals surface area contributed by atoms with E-state index in [1.807, 2.05) is 0 Å². The molecule has 0 radical (unpaired) electrons. The van der Waals surface area contributed by atoms with Crippen molar-refractivity contribution in [2.75, 3.05) is 19.5 Å². The molecule has 1 saturated carbocycles. The van der Waals surface area contributed by atoms with Gasteiger partial charge in [0.15, 0.2) is 0 Å². The highest BCUT2D eigenvalue weighted by Gasteiger charge is 2.34. The summed E-state index contributed by atoms with van der Waals surface area (Å²) in [7, 11) is 1.30. The van der Waals surface area contributed by atoms with E-state index in [4.69, 9.17) is 16.3 Å². The van der Waals surface area contributed by atoms with E-state index in [1.54, 1.807) is 0 Å². The third-order valence-corrected chi connectivity index (χ3v) is 7.20. The van der Waals surface area contributed by atoms with Crippen molar-refractivity contribution >= 4 is 39.3 Å². The van der Waals surface area contributed by atoms with Crippen molar-refractivity contribution < 1.29 is 22.5 Å². The Labute approximate surface area is 177 Å². The lowest BCUT2D eigenvalue weighted by atomic mass is 10.0. The SMILES string of the molecule is COCCS(=O)c1c(CS(=O)[O-])ccc(C(=O)c2c(C3CC3)[nH]n(C)c2=O)c1Cl. The van der Waals surface area contributed by atoms with Crippen molar-refractivity contribution in [3.05, 3.63) is 49.9 Å². The molecule has 1 aliphatic rings. The highest BCUT2D eigenvalue weighted by atomic mass is 35.5. The van der Waals surface area contributed by atoms with Gasteiger partial charge in [0.25, 0.3) is 5.56 Å². The van der Waals surface area contributed by atoms with Crippen molar-refractivity contribution in [3.8, 4) is 0 Å². The molecule has 2 unspecified atom stereocenters. The molecule has 0 saturated heterocycles. The summed E-state index contributed by atoms with van der Waals surface area (Å²) in [6.07, 6.45) is 1.77. The van der Waals surface area contributed by atoms with Gasteiger partial charge in [0.2, 0.25) is 5.78 Å². The highest BCUT2D eigenvalue weighted by Crippen LogP contribution is 2.41. The third-order valence-electron chi connectivity index (χ3n) is 4.69. The van der Waals surface area contributed by atoms with Crippen LogP contribution in [0, 0.1) is 0 Å². The number of nitrogens with one attached hydrogen (secondary N) is 1. The van der Waals surface area contributed by atoms with Gasteiger partial charge in [-0.3, -0.25) is 27.8 Å². The number of hydrogen-bond acceptors (Lipinski definition) is 6. The second-order valence-corrected chi connectivity index (χ2v) is 9.56. The maximum absolute atomic E-state index is 13.2. The van der Waals surface area contributed by atoms with Crippen LogP contribution < -0.4 is 5.56 Å². The lowest BCUT2D eigenvalue weighted by Crippen LogP contribution is -2.20. The van der Waals surface area contributed by atoms with Crippen molar-refractivity contribution in [3.63, 3.8) is 0 Å². The number of carbonyl (C=O) groups is 1. The summed E-state index contributed by atoms with van der Waals surface area (Å²) in [6, 6.07) is 2.80. The van der Waals surface area contributed by atoms with Crippen LogP contribution in [0.2, 0.25) is 5.02 Å². The second-order valence-electron chi connectivity index (χ2n) is 6.77. The molecule has 3 rings (SSSR count). The van der Waals surface area contributed by atoms with Crippen molar-refractivity contribution in [1.29, 1.82) is 0 Å². The van der Waals surface area contributed by atoms with E-state index in [0.717, 1.165) is 12.8 Å². The molecule has 0 amide bonds. The zero-order valence-corrected chi connectivity index (χ0v) is 18.2. The average Bonchev–Trinajstić information content (AvgIpc) is 3.45. The Morgan fingerprint density at radius 3 is 2.66 bits per heavy atom. The monoisotopic (exact) mass is 459 g/mol. The van der Waals surface area contributed by atoms with Gasteiger partial charge in [-0.1, -0.05) is 28.7 Å². The van der Waals surface area contributed by atoms with Gasteiger partial charge in [0.1, 0.15) is 5.56 Å². The van der Waals surface area contributed by atoms with E-state index in [0.29, 0.717) is 5.69 Å². The third kappa shape index (κ3) is 4.61. The molecule has 0 spiro atoms. The van der Waals surface area contributed by atoms with Crippen molar-refractivity contribution in [1.82, 2.24) is 9.78 Å². The number of rotatable bonds is 9. The number of aromatic amines is 1. The number of hydrogen-bond donors (Lipinski definition) is 1. The number of aromatic nitrogens is 2. The predicted molar refractivity (Wildman–Crippen MR) is 109 cm³/mol. The number of ketones is 1. The van der Waals surface area contributed by atoms with Gasteiger partial charge in [-0.05, 0) is 24.5 Å². The fourth-order valence-corrected chi connectivity index (χ4v) is 5.49. The molecule has 1 N–H and O–H groups in total. The second kappa shape index (κ2) is 9.05. The fraction of sp³-hybridized carbons (Fsp3) is 0.444. The highest BCUT2D eigenvalue weighted by molar-refractivity contribution is 7.85. The Hall–Kier alpha value is -1.59. The van der Waals surface area contributed by atoms with Gasteiger partial charge < -0.3 is 9.29 Å². The van der Waals surface area contributed by atoms with Crippen LogP contribution in [-0.2, 0) is 39.4 Å². The van der Waals surface area contributed by atoms with Crippen LogP contribution in [0.5, 0.6) is 0 Å². The number of halogens is 1. The fourth-order valence-electron chi connectivity index (χ4n) is 3.11. The molecule has 1 aromatic carbocycles.